The number of carbonyl (C=O) groups excluding carboxylic acids is 1. The van der Waals surface area contributed by atoms with Gasteiger partial charge in [-0.05, 0) is 64.0 Å². The molecule has 0 amide bonds. The molecule has 0 saturated heterocycles. The van der Waals surface area contributed by atoms with Crippen LogP contribution in [-0.4, -0.2) is 22.2 Å². The Morgan fingerprint density at radius 3 is 2.76 bits per heavy atom. The van der Waals surface area contributed by atoms with Crippen LogP contribution in [0.3, 0.4) is 0 Å². The Balaban J connectivity index is 2.18. The molecule has 0 unspecified atom stereocenters. The van der Waals surface area contributed by atoms with Gasteiger partial charge in [-0.2, -0.15) is 5.10 Å². The Kier molecular flexibility index (Phi) is 7.00. The number of ketones is 1. The molecule has 0 N–H and O–H groups in total. The molecule has 0 radical (unpaired) electrons. The molecule has 0 aliphatic carbocycles. The molecule has 0 saturated carbocycles. The minimum absolute atomic E-state index is 0.189. The van der Waals surface area contributed by atoms with Crippen molar-refractivity contribution in [3.05, 3.63) is 57.3 Å². The standard InChI is InChI=1S/C20H25BrN2O2/c1-5-14(2)13-25-20-9-7-18(21)11-17(20)12-23-15(3)10-19(22-23)8-6-16(4)24/h5,7,9-11H,6,8,12-13H2,1-4H3/b14-5+. The Bertz CT molecular complexity index is 778. The lowest BCUT2D eigenvalue weighted by Gasteiger charge is -2.13. The number of benzene rings is 1. The molecule has 1 aromatic carbocycles. The molecular weight excluding hydrogens is 380 g/mol. The zero-order valence-electron chi connectivity index (χ0n) is 15.3. The number of ether oxygens (including phenoxy) is 1. The maximum absolute atomic E-state index is 11.2. The molecule has 0 spiro atoms. The van der Waals surface area contributed by atoms with Gasteiger partial charge in [0.15, 0.2) is 0 Å². The van der Waals surface area contributed by atoms with Crippen molar-refractivity contribution in [2.24, 2.45) is 0 Å². The Labute approximate surface area is 158 Å². The number of aryl methyl sites for hydroxylation is 2. The van der Waals surface area contributed by atoms with Crippen molar-refractivity contribution < 1.29 is 9.53 Å². The summed E-state index contributed by atoms with van der Waals surface area (Å²) in [6, 6.07) is 8.08. The molecule has 0 aliphatic heterocycles. The van der Waals surface area contributed by atoms with Crippen LogP contribution in [-0.2, 0) is 17.8 Å². The summed E-state index contributed by atoms with van der Waals surface area (Å²) < 4.78 is 8.95. The van der Waals surface area contributed by atoms with E-state index in [1.165, 1.54) is 5.57 Å². The first kappa shape index (κ1) is 19.4. The van der Waals surface area contributed by atoms with Gasteiger partial charge in [0, 0.05) is 22.2 Å². The van der Waals surface area contributed by atoms with Crippen LogP contribution in [0.5, 0.6) is 5.75 Å². The summed E-state index contributed by atoms with van der Waals surface area (Å²) in [6.07, 6.45) is 3.27. The van der Waals surface area contributed by atoms with Gasteiger partial charge in [-0.15, -0.1) is 0 Å². The topological polar surface area (TPSA) is 44.1 Å². The van der Waals surface area contributed by atoms with E-state index in [4.69, 9.17) is 4.74 Å². The van der Waals surface area contributed by atoms with Crippen molar-refractivity contribution in [2.75, 3.05) is 6.61 Å². The molecule has 134 valence electrons. The first-order valence-electron chi connectivity index (χ1n) is 8.44. The lowest BCUT2D eigenvalue weighted by atomic mass is 10.2. The summed E-state index contributed by atoms with van der Waals surface area (Å²) in [5.74, 6) is 1.05. The van der Waals surface area contributed by atoms with E-state index in [0.29, 0.717) is 26.0 Å². The molecular formula is C20H25BrN2O2. The van der Waals surface area contributed by atoms with Crippen molar-refractivity contribution in [2.45, 2.75) is 47.1 Å². The molecule has 0 atom stereocenters. The molecule has 0 fully saturated rings. The minimum Gasteiger partial charge on any atom is -0.489 e. The SMILES string of the molecule is C/C=C(\C)COc1ccc(Br)cc1Cn1nc(CCC(C)=O)cc1C. The van der Waals surface area contributed by atoms with Gasteiger partial charge in [0.1, 0.15) is 18.1 Å². The van der Waals surface area contributed by atoms with Crippen LogP contribution in [0.2, 0.25) is 0 Å². The van der Waals surface area contributed by atoms with Crippen LogP contribution in [0, 0.1) is 6.92 Å². The summed E-state index contributed by atoms with van der Waals surface area (Å²) in [7, 11) is 0. The van der Waals surface area contributed by atoms with E-state index in [1.807, 2.05) is 36.7 Å². The highest BCUT2D eigenvalue weighted by Crippen LogP contribution is 2.25. The van der Waals surface area contributed by atoms with Crippen LogP contribution >= 0.6 is 15.9 Å². The molecule has 2 rings (SSSR count). The first-order valence-corrected chi connectivity index (χ1v) is 9.24. The van der Waals surface area contributed by atoms with Gasteiger partial charge < -0.3 is 9.53 Å². The number of nitrogens with zero attached hydrogens (tertiary/aromatic N) is 2. The fourth-order valence-corrected chi connectivity index (χ4v) is 2.82. The van der Waals surface area contributed by atoms with Crippen LogP contribution in [0.25, 0.3) is 0 Å². The molecule has 25 heavy (non-hydrogen) atoms. The number of halogens is 1. The fraction of sp³-hybridized carbons (Fsp3) is 0.400. The number of rotatable bonds is 8. The maximum Gasteiger partial charge on any atom is 0.130 e. The number of hydrogen-bond acceptors (Lipinski definition) is 3. The summed E-state index contributed by atoms with van der Waals surface area (Å²) in [4.78, 5) is 11.2. The largest absolute Gasteiger partial charge is 0.489 e. The van der Waals surface area contributed by atoms with E-state index in [0.717, 1.165) is 27.2 Å². The lowest BCUT2D eigenvalue weighted by molar-refractivity contribution is -0.117. The second-order valence-electron chi connectivity index (χ2n) is 6.31. The zero-order valence-corrected chi connectivity index (χ0v) is 16.9. The summed E-state index contributed by atoms with van der Waals surface area (Å²) in [6.45, 7) is 8.92. The van der Waals surface area contributed by atoms with Gasteiger partial charge in [0.2, 0.25) is 0 Å². The number of Topliss-reactive ketones (excluding diaryl/α,β-unsaturated/α-hetero) is 1. The Hall–Kier alpha value is -1.88. The summed E-state index contributed by atoms with van der Waals surface area (Å²) in [5.41, 5.74) is 4.29. The molecule has 1 heterocycles. The number of carbonyl (C=O) groups is 1. The van der Waals surface area contributed by atoms with Crippen molar-refractivity contribution in [3.8, 4) is 5.75 Å². The lowest BCUT2D eigenvalue weighted by Crippen LogP contribution is -2.08. The second-order valence-corrected chi connectivity index (χ2v) is 7.23. The minimum atomic E-state index is 0.189. The van der Waals surface area contributed by atoms with Crippen molar-refractivity contribution in [1.82, 2.24) is 9.78 Å². The monoisotopic (exact) mass is 404 g/mol. The van der Waals surface area contributed by atoms with Crippen molar-refractivity contribution in [1.29, 1.82) is 0 Å². The highest BCUT2D eigenvalue weighted by atomic mass is 79.9. The third-order valence-electron chi connectivity index (χ3n) is 4.06. The zero-order chi connectivity index (χ0) is 18.4. The van der Waals surface area contributed by atoms with Gasteiger partial charge in [-0.1, -0.05) is 22.0 Å². The van der Waals surface area contributed by atoms with Crippen LogP contribution in [0.1, 0.15) is 44.1 Å². The Morgan fingerprint density at radius 2 is 2.08 bits per heavy atom. The van der Waals surface area contributed by atoms with Crippen molar-refractivity contribution in [3.63, 3.8) is 0 Å². The summed E-state index contributed by atoms with van der Waals surface area (Å²) >= 11 is 3.53. The predicted octanol–water partition coefficient (Wildman–Crippen LogP) is 4.87. The molecule has 0 aliphatic rings. The molecule has 2 aromatic rings. The molecule has 0 bridgehead atoms. The average Bonchev–Trinajstić information content (AvgIpc) is 2.91. The van der Waals surface area contributed by atoms with E-state index in [-0.39, 0.29) is 5.78 Å². The number of hydrogen-bond donors (Lipinski definition) is 0. The second kappa shape index (κ2) is 8.99. The van der Waals surface area contributed by atoms with Crippen LogP contribution < -0.4 is 4.74 Å². The third-order valence-corrected chi connectivity index (χ3v) is 4.55. The third kappa shape index (κ3) is 5.85. The average molecular weight is 405 g/mol. The quantitative estimate of drug-likeness (QED) is 0.589. The van der Waals surface area contributed by atoms with E-state index in [2.05, 4.69) is 40.1 Å². The van der Waals surface area contributed by atoms with Gasteiger partial charge in [-0.25, -0.2) is 0 Å². The van der Waals surface area contributed by atoms with Gasteiger partial charge in [0.05, 0.1) is 12.2 Å². The Morgan fingerprint density at radius 1 is 1.32 bits per heavy atom. The summed E-state index contributed by atoms with van der Waals surface area (Å²) in [5, 5.41) is 4.64. The van der Waals surface area contributed by atoms with Gasteiger partial charge in [0.25, 0.3) is 0 Å². The first-order chi connectivity index (χ1) is 11.9. The van der Waals surface area contributed by atoms with E-state index in [9.17, 15) is 4.79 Å². The molecule has 1 aromatic heterocycles. The van der Waals surface area contributed by atoms with E-state index >= 15 is 0 Å². The number of allylic oxidation sites excluding steroid dienone is 1. The molecule has 4 nitrogen and oxygen atoms in total. The van der Waals surface area contributed by atoms with E-state index < -0.39 is 0 Å². The smallest absolute Gasteiger partial charge is 0.130 e. The maximum atomic E-state index is 11.2. The normalized spacial score (nSPS) is 11.6. The highest BCUT2D eigenvalue weighted by molar-refractivity contribution is 9.10. The van der Waals surface area contributed by atoms with Gasteiger partial charge >= 0.3 is 0 Å². The molecule has 5 heteroatoms. The van der Waals surface area contributed by atoms with Crippen molar-refractivity contribution >= 4 is 21.7 Å². The van der Waals surface area contributed by atoms with Gasteiger partial charge in [-0.3, -0.25) is 4.68 Å². The van der Waals surface area contributed by atoms with Crippen LogP contribution in [0.15, 0.2) is 40.4 Å². The highest BCUT2D eigenvalue weighted by Gasteiger charge is 2.10. The predicted molar refractivity (Wildman–Crippen MR) is 104 cm³/mol. The number of aromatic nitrogens is 2. The fourth-order valence-electron chi connectivity index (χ4n) is 2.41. The van der Waals surface area contributed by atoms with E-state index in [1.54, 1.807) is 6.92 Å². The van der Waals surface area contributed by atoms with Crippen LogP contribution in [0.4, 0.5) is 0 Å².